The third kappa shape index (κ3) is 3.94. The minimum atomic E-state index is -0.661. The average molecular weight is 206 g/mol. The Labute approximate surface area is 89.1 Å². The van der Waals surface area contributed by atoms with Crippen molar-refractivity contribution < 1.29 is 14.3 Å². The zero-order chi connectivity index (χ0) is 11.3. The van der Waals surface area contributed by atoms with E-state index in [1.165, 1.54) is 0 Å². The van der Waals surface area contributed by atoms with Gasteiger partial charge in [0.25, 0.3) is 0 Å². The summed E-state index contributed by atoms with van der Waals surface area (Å²) in [5.41, 5.74) is -0.661. The van der Waals surface area contributed by atoms with Crippen LogP contribution in [-0.2, 0) is 9.59 Å². The number of esters is 1. The summed E-state index contributed by atoms with van der Waals surface area (Å²) in [7, 11) is 0. The van der Waals surface area contributed by atoms with Gasteiger partial charge >= 0.3 is 5.97 Å². The largest absolute Gasteiger partial charge is 0.427 e. The van der Waals surface area contributed by atoms with E-state index < -0.39 is 11.4 Å². The molecular weight excluding hydrogens is 192 g/mol. The number of carbonyl (C=O) groups is 2. The van der Waals surface area contributed by atoms with Gasteiger partial charge in [0.15, 0.2) is 0 Å². The Morgan fingerprint density at radius 3 is 2.47 bits per heavy atom. The van der Waals surface area contributed by atoms with Crippen LogP contribution in [0.2, 0.25) is 0 Å². The van der Waals surface area contributed by atoms with Crippen LogP contribution in [0, 0.1) is 5.41 Å². The van der Waals surface area contributed by atoms with E-state index in [1.807, 2.05) is 6.07 Å². The molecular formula is C12H14O3. The van der Waals surface area contributed by atoms with Crippen molar-refractivity contribution in [2.45, 2.75) is 20.3 Å². The Bertz CT molecular complexity index is 341. The highest BCUT2D eigenvalue weighted by atomic mass is 16.5. The average Bonchev–Trinajstić information content (AvgIpc) is 2.18. The first-order valence-electron chi connectivity index (χ1n) is 4.75. The predicted molar refractivity (Wildman–Crippen MR) is 56.5 cm³/mol. The molecule has 1 rings (SSSR count). The van der Waals surface area contributed by atoms with Gasteiger partial charge in [-0.25, -0.2) is 0 Å². The van der Waals surface area contributed by atoms with Crippen LogP contribution in [0.5, 0.6) is 5.75 Å². The molecule has 0 atom stereocenters. The number of aldehydes is 1. The second-order valence-electron chi connectivity index (χ2n) is 4.07. The number of hydrogen-bond acceptors (Lipinski definition) is 3. The number of carbonyl (C=O) groups excluding carboxylic acids is 2. The predicted octanol–water partition coefficient (Wildman–Crippen LogP) is 2.21. The smallest absolute Gasteiger partial charge is 0.312 e. The van der Waals surface area contributed by atoms with Gasteiger partial charge in [0.2, 0.25) is 0 Å². The maximum Gasteiger partial charge on any atom is 0.312 e. The standard InChI is InChI=1S/C12H14O3/c1-12(2,9-13)8-11(14)15-10-6-4-3-5-7-10/h3-7,9H,8H2,1-2H3. The fourth-order valence-electron chi connectivity index (χ4n) is 1.07. The highest BCUT2D eigenvalue weighted by molar-refractivity contribution is 5.77. The van der Waals surface area contributed by atoms with Crippen molar-refractivity contribution in [3.63, 3.8) is 0 Å². The SMILES string of the molecule is CC(C)(C=O)CC(=O)Oc1ccccc1. The Kier molecular flexibility index (Phi) is 3.61. The topological polar surface area (TPSA) is 43.4 Å². The molecule has 0 heterocycles. The molecule has 0 spiro atoms. The summed E-state index contributed by atoms with van der Waals surface area (Å²) in [4.78, 5) is 22.0. The van der Waals surface area contributed by atoms with Crippen molar-refractivity contribution in [3.05, 3.63) is 30.3 Å². The molecule has 0 radical (unpaired) electrons. The van der Waals surface area contributed by atoms with E-state index in [2.05, 4.69) is 0 Å². The molecule has 0 saturated carbocycles. The minimum absolute atomic E-state index is 0.0887. The van der Waals surface area contributed by atoms with E-state index in [0.29, 0.717) is 5.75 Å². The van der Waals surface area contributed by atoms with Crippen LogP contribution in [-0.4, -0.2) is 12.3 Å². The maximum atomic E-state index is 11.4. The number of para-hydroxylation sites is 1. The molecule has 3 heteroatoms. The maximum absolute atomic E-state index is 11.4. The Hall–Kier alpha value is -1.64. The Morgan fingerprint density at radius 2 is 1.93 bits per heavy atom. The van der Waals surface area contributed by atoms with Crippen LogP contribution >= 0.6 is 0 Å². The highest BCUT2D eigenvalue weighted by Gasteiger charge is 2.22. The second kappa shape index (κ2) is 4.73. The van der Waals surface area contributed by atoms with Gasteiger partial charge in [0.05, 0.1) is 6.42 Å². The van der Waals surface area contributed by atoms with Gasteiger partial charge in [-0.1, -0.05) is 32.0 Å². The molecule has 80 valence electrons. The van der Waals surface area contributed by atoms with Gasteiger partial charge < -0.3 is 9.53 Å². The normalized spacial score (nSPS) is 10.8. The lowest BCUT2D eigenvalue weighted by Gasteiger charge is -2.14. The summed E-state index contributed by atoms with van der Waals surface area (Å²) in [6.45, 7) is 3.40. The molecule has 0 N–H and O–H groups in total. The van der Waals surface area contributed by atoms with Crippen LogP contribution in [0.3, 0.4) is 0 Å². The van der Waals surface area contributed by atoms with E-state index in [4.69, 9.17) is 4.74 Å². The third-order valence-corrected chi connectivity index (χ3v) is 1.89. The molecule has 0 aliphatic carbocycles. The summed E-state index contributed by atoms with van der Waals surface area (Å²) < 4.78 is 5.05. The van der Waals surface area contributed by atoms with Crippen LogP contribution in [0.25, 0.3) is 0 Å². The number of hydrogen-bond donors (Lipinski definition) is 0. The number of ether oxygens (including phenoxy) is 1. The fourth-order valence-corrected chi connectivity index (χ4v) is 1.07. The molecule has 1 aromatic carbocycles. The van der Waals surface area contributed by atoms with Crippen molar-refractivity contribution in [1.82, 2.24) is 0 Å². The fraction of sp³-hybridized carbons (Fsp3) is 0.333. The first-order chi connectivity index (χ1) is 7.03. The molecule has 0 aliphatic heterocycles. The molecule has 0 amide bonds. The van der Waals surface area contributed by atoms with Crippen molar-refractivity contribution in [2.75, 3.05) is 0 Å². The molecule has 0 aliphatic rings. The monoisotopic (exact) mass is 206 g/mol. The Morgan fingerprint density at radius 1 is 1.33 bits per heavy atom. The van der Waals surface area contributed by atoms with E-state index in [9.17, 15) is 9.59 Å². The molecule has 3 nitrogen and oxygen atoms in total. The van der Waals surface area contributed by atoms with E-state index in [-0.39, 0.29) is 6.42 Å². The molecule has 0 aromatic heterocycles. The molecule has 1 aromatic rings. The molecule has 0 saturated heterocycles. The summed E-state index contributed by atoms with van der Waals surface area (Å²) in [6.07, 6.45) is 0.852. The first kappa shape index (κ1) is 11.4. The lowest BCUT2D eigenvalue weighted by Crippen LogP contribution is -2.21. The number of rotatable bonds is 4. The van der Waals surface area contributed by atoms with Crippen molar-refractivity contribution in [2.24, 2.45) is 5.41 Å². The highest BCUT2D eigenvalue weighted by Crippen LogP contribution is 2.18. The summed E-state index contributed by atoms with van der Waals surface area (Å²) in [6, 6.07) is 8.81. The van der Waals surface area contributed by atoms with Crippen molar-refractivity contribution in [3.8, 4) is 5.75 Å². The second-order valence-corrected chi connectivity index (χ2v) is 4.07. The van der Waals surface area contributed by atoms with Crippen molar-refractivity contribution in [1.29, 1.82) is 0 Å². The van der Waals surface area contributed by atoms with Gasteiger partial charge in [-0.3, -0.25) is 4.79 Å². The Balaban J connectivity index is 2.54. The first-order valence-corrected chi connectivity index (χ1v) is 4.75. The van der Waals surface area contributed by atoms with Crippen LogP contribution < -0.4 is 4.74 Å². The van der Waals surface area contributed by atoms with Gasteiger partial charge in [0.1, 0.15) is 12.0 Å². The lowest BCUT2D eigenvalue weighted by molar-refractivity contribution is -0.138. The zero-order valence-electron chi connectivity index (χ0n) is 8.90. The van der Waals surface area contributed by atoms with Gasteiger partial charge in [-0.05, 0) is 12.1 Å². The quantitative estimate of drug-likeness (QED) is 0.431. The summed E-state index contributed by atoms with van der Waals surface area (Å²) in [5.74, 6) is 0.113. The van der Waals surface area contributed by atoms with Crippen molar-refractivity contribution >= 4 is 12.3 Å². The lowest BCUT2D eigenvalue weighted by atomic mass is 9.92. The summed E-state index contributed by atoms with van der Waals surface area (Å²) in [5, 5.41) is 0. The van der Waals surface area contributed by atoms with Gasteiger partial charge in [-0.15, -0.1) is 0 Å². The van der Waals surface area contributed by atoms with E-state index >= 15 is 0 Å². The van der Waals surface area contributed by atoms with Gasteiger partial charge in [-0.2, -0.15) is 0 Å². The van der Waals surface area contributed by atoms with E-state index in [1.54, 1.807) is 38.1 Å². The van der Waals surface area contributed by atoms with Gasteiger partial charge in [0, 0.05) is 5.41 Å². The molecule has 0 bridgehead atoms. The van der Waals surface area contributed by atoms with Crippen LogP contribution in [0.1, 0.15) is 20.3 Å². The van der Waals surface area contributed by atoms with Crippen LogP contribution in [0.4, 0.5) is 0 Å². The molecule has 0 unspecified atom stereocenters. The van der Waals surface area contributed by atoms with Crippen LogP contribution in [0.15, 0.2) is 30.3 Å². The summed E-state index contributed by atoms with van der Waals surface area (Å²) >= 11 is 0. The molecule has 0 fully saturated rings. The molecule has 15 heavy (non-hydrogen) atoms. The van der Waals surface area contributed by atoms with E-state index in [0.717, 1.165) is 6.29 Å². The zero-order valence-corrected chi connectivity index (χ0v) is 8.90. The third-order valence-electron chi connectivity index (χ3n) is 1.89. The minimum Gasteiger partial charge on any atom is -0.427 e. The number of benzene rings is 1.